The number of carbonyl (C=O) groups is 1. The number of ketones is 1. The summed E-state index contributed by atoms with van der Waals surface area (Å²) in [5.74, 6) is 0.963. The molecule has 106 valence electrons. The largest absolute Gasteiger partial charge is 0.389 e. The van der Waals surface area contributed by atoms with Gasteiger partial charge in [0.2, 0.25) is 0 Å². The maximum absolute atomic E-state index is 12.7. The lowest BCUT2D eigenvalue weighted by Crippen LogP contribution is -2.56. The first-order chi connectivity index (χ1) is 9.72. The van der Waals surface area contributed by atoms with Crippen molar-refractivity contribution < 1.29 is 9.90 Å². The fourth-order valence-electron chi connectivity index (χ4n) is 5.29. The van der Waals surface area contributed by atoms with Crippen LogP contribution in [0.15, 0.2) is 30.3 Å². The molecular formula is C18H22O2. The third kappa shape index (κ3) is 1.57. The summed E-state index contributed by atoms with van der Waals surface area (Å²) in [6, 6.07) is 10.4. The van der Waals surface area contributed by atoms with E-state index in [-0.39, 0.29) is 23.7 Å². The Kier molecular flexibility index (Phi) is 2.78. The van der Waals surface area contributed by atoms with Gasteiger partial charge in [-0.2, -0.15) is 0 Å². The van der Waals surface area contributed by atoms with Gasteiger partial charge in [-0.1, -0.05) is 43.2 Å². The van der Waals surface area contributed by atoms with Crippen molar-refractivity contribution in [1.82, 2.24) is 0 Å². The van der Waals surface area contributed by atoms with Crippen LogP contribution >= 0.6 is 0 Å². The second kappa shape index (κ2) is 4.42. The summed E-state index contributed by atoms with van der Waals surface area (Å²) in [6.07, 6.45) is 6.05. The molecule has 5 atom stereocenters. The van der Waals surface area contributed by atoms with Gasteiger partial charge in [0.15, 0.2) is 0 Å². The molecule has 2 nitrogen and oxygen atoms in total. The zero-order valence-electron chi connectivity index (χ0n) is 11.8. The molecule has 0 radical (unpaired) electrons. The van der Waals surface area contributed by atoms with Gasteiger partial charge in [0.25, 0.3) is 0 Å². The predicted octanol–water partition coefficient (Wildman–Crippen LogP) is 3.30. The van der Waals surface area contributed by atoms with E-state index in [1.807, 2.05) is 6.07 Å². The number of rotatable bonds is 1. The highest BCUT2D eigenvalue weighted by atomic mass is 16.3. The molecule has 1 aromatic rings. The first-order valence-corrected chi connectivity index (χ1v) is 8.03. The number of hydrogen-bond acceptors (Lipinski definition) is 2. The molecule has 0 heterocycles. The lowest BCUT2D eigenvalue weighted by Gasteiger charge is -2.51. The van der Waals surface area contributed by atoms with E-state index in [9.17, 15) is 9.90 Å². The molecule has 0 unspecified atom stereocenters. The van der Waals surface area contributed by atoms with Gasteiger partial charge in [0.05, 0.1) is 5.60 Å². The minimum absolute atomic E-state index is 0.0715. The van der Waals surface area contributed by atoms with Gasteiger partial charge >= 0.3 is 0 Å². The van der Waals surface area contributed by atoms with Crippen LogP contribution in [0.1, 0.15) is 50.0 Å². The second-order valence-corrected chi connectivity index (χ2v) is 6.92. The number of fused-ring (bicyclic) bond motifs is 4. The van der Waals surface area contributed by atoms with E-state index in [1.54, 1.807) is 0 Å². The molecule has 20 heavy (non-hydrogen) atoms. The van der Waals surface area contributed by atoms with Crippen molar-refractivity contribution in [3.63, 3.8) is 0 Å². The highest BCUT2D eigenvalue weighted by Crippen LogP contribution is 2.59. The van der Waals surface area contributed by atoms with E-state index in [4.69, 9.17) is 0 Å². The van der Waals surface area contributed by atoms with Gasteiger partial charge in [0.1, 0.15) is 5.78 Å². The van der Waals surface area contributed by atoms with Gasteiger partial charge in [-0.3, -0.25) is 4.79 Å². The third-order valence-electron chi connectivity index (χ3n) is 6.11. The summed E-state index contributed by atoms with van der Waals surface area (Å²) in [5.41, 5.74) is 0.541. The van der Waals surface area contributed by atoms with Crippen LogP contribution in [0.25, 0.3) is 0 Å². The minimum atomic E-state index is -0.719. The summed E-state index contributed by atoms with van der Waals surface area (Å²) in [5, 5.41) is 11.3. The molecule has 0 amide bonds. The highest BCUT2D eigenvalue weighted by molar-refractivity contribution is 5.89. The molecule has 3 aliphatic rings. The van der Waals surface area contributed by atoms with Gasteiger partial charge in [-0.05, 0) is 43.1 Å². The lowest BCUT2D eigenvalue weighted by molar-refractivity contribution is -0.156. The first-order valence-electron chi connectivity index (χ1n) is 8.03. The molecule has 1 N–H and O–H groups in total. The summed E-state index contributed by atoms with van der Waals surface area (Å²) in [4.78, 5) is 12.7. The molecule has 3 fully saturated rings. The molecule has 0 aromatic heterocycles. The van der Waals surface area contributed by atoms with E-state index in [1.165, 1.54) is 12.0 Å². The van der Waals surface area contributed by atoms with E-state index in [0.29, 0.717) is 5.78 Å². The Balaban J connectivity index is 1.82. The van der Waals surface area contributed by atoms with Crippen LogP contribution in [0.5, 0.6) is 0 Å². The van der Waals surface area contributed by atoms with Crippen molar-refractivity contribution in [1.29, 1.82) is 0 Å². The quantitative estimate of drug-likeness (QED) is 0.850. The predicted molar refractivity (Wildman–Crippen MR) is 77.3 cm³/mol. The molecule has 2 heteroatoms. The van der Waals surface area contributed by atoms with Crippen LogP contribution in [0.2, 0.25) is 0 Å². The number of hydrogen-bond donors (Lipinski definition) is 1. The van der Waals surface area contributed by atoms with Crippen molar-refractivity contribution in [3.05, 3.63) is 35.9 Å². The third-order valence-corrected chi connectivity index (χ3v) is 6.11. The van der Waals surface area contributed by atoms with Crippen molar-refractivity contribution in [2.45, 2.75) is 50.0 Å². The van der Waals surface area contributed by atoms with Crippen molar-refractivity contribution in [2.24, 2.45) is 17.8 Å². The monoisotopic (exact) mass is 270 g/mol. The van der Waals surface area contributed by atoms with Gasteiger partial charge in [-0.15, -0.1) is 0 Å². The Morgan fingerprint density at radius 1 is 1.05 bits per heavy atom. The van der Waals surface area contributed by atoms with Crippen LogP contribution < -0.4 is 0 Å². The van der Waals surface area contributed by atoms with Gasteiger partial charge < -0.3 is 5.11 Å². The maximum Gasteiger partial charge on any atom is 0.142 e. The summed E-state index contributed by atoms with van der Waals surface area (Å²) in [6.45, 7) is 0. The molecule has 1 aromatic carbocycles. The summed E-state index contributed by atoms with van der Waals surface area (Å²) < 4.78 is 0. The Hall–Kier alpha value is -1.15. The van der Waals surface area contributed by atoms with Crippen LogP contribution in [-0.2, 0) is 4.79 Å². The van der Waals surface area contributed by atoms with E-state index < -0.39 is 5.60 Å². The van der Waals surface area contributed by atoms with Crippen molar-refractivity contribution >= 4 is 5.78 Å². The molecule has 4 rings (SSSR count). The average molecular weight is 270 g/mol. The molecule has 0 saturated heterocycles. The first kappa shape index (κ1) is 12.6. The smallest absolute Gasteiger partial charge is 0.142 e. The molecular weight excluding hydrogens is 248 g/mol. The van der Waals surface area contributed by atoms with Crippen molar-refractivity contribution in [2.75, 3.05) is 0 Å². The van der Waals surface area contributed by atoms with Gasteiger partial charge in [0, 0.05) is 11.8 Å². The molecule has 0 spiro atoms. The molecule has 3 saturated carbocycles. The van der Waals surface area contributed by atoms with Crippen LogP contribution in [0, 0.1) is 17.8 Å². The Morgan fingerprint density at radius 3 is 2.65 bits per heavy atom. The Labute approximate surface area is 120 Å². The number of benzene rings is 1. The fraction of sp³-hybridized carbons (Fsp3) is 0.611. The molecule has 3 aliphatic carbocycles. The Bertz CT molecular complexity index is 523. The van der Waals surface area contributed by atoms with Crippen LogP contribution in [0.3, 0.4) is 0 Å². The van der Waals surface area contributed by atoms with E-state index in [2.05, 4.69) is 24.3 Å². The number of carbonyl (C=O) groups excluding carboxylic acids is 1. The number of Topliss-reactive ketones (excluding diaryl/α,β-unsaturated/α-hetero) is 1. The zero-order chi connectivity index (χ0) is 13.7. The van der Waals surface area contributed by atoms with E-state index >= 15 is 0 Å². The SMILES string of the molecule is O=C1[C@H]2CC[C@@H]1[C@@H](c1ccccc1)[C@@H]1CCCC[C@@]21O. The normalized spacial score (nSPS) is 43.4. The molecule has 0 aliphatic heterocycles. The van der Waals surface area contributed by atoms with E-state index in [0.717, 1.165) is 32.1 Å². The van der Waals surface area contributed by atoms with Crippen LogP contribution in [-0.4, -0.2) is 16.5 Å². The highest BCUT2D eigenvalue weighted by Gasteiger charge is 2.61. The summed E-state index contributed by atoms with van der Waals surface area (Å²) in [7, 11) is 0. The fourth-order valence-corrected chi connectivity index (χ4v) is 5.29. The lowest BCUT2D eigenvalue weighted by atomic mass is 9.56. The topological polar surface area (TPSA) is 37.3 Å². The Morgan fingerprint density at radius 2 is 1.85 bits per heavy atom. The van der Waals surface area contributed by atoms with Crippen LogP contribution in [0.4, 0.5) is 0 Å². The zero-order valence-corrected chi connectivity index (χ0v) is 11.8. The standard InChI is InChI=1S/C18H22O2/c19-17-13-9-10-15(17)18(20)11-5-4-8-14(18)16(13)12-6-2-1-3-7-12/h1-3,6-7,13-16,20H,4-5,8-11H2/t13-,14+,15-,16-,18+/m1/s1. The molecule has 2 bridgehead atoms. The minimum Gasteiger partial charge on any atom is -0.389 e. The second-order valence-electron chi connectivity index (χ2n) is 6.92. The average Bonchev–Trinajstić information content (AvgIpc) is 2.78. The maximum atomic E-state index is 12.7. The van der Waals surface area contributed by atoms with Crippen molar-refractivity contribution in [3.8, 4) is 0 Å². The summed E-state index contributed by atoms with van der Waals surface area (Å²) >= 11 is 0. The van der Waals surface area contributed by atoms with Gasteiger partial charge in [-0.25, -0.2) is 0 Å². The number of aliphatic hydroxyl groups is 1.